The molecule has 0 amide bonds. The van der Waals surface area contributed by atoms with Gasteiger partial charge in [0.2, 0.25) is 0 Å². The van der Waals surface area contributed by atoms with Crippen LogP contribution in [-0.4, -0.2) is 40.8 Å². The first-order valence-corrected chi connectivity index (χ1v) is 8.32. The molecule has 2 nitrogen and oxygen atoms in total. The van der Waals surface area contributed by atoms with Gasteiger partial charge in [-0.2, -0.15) is 0 Å². The minimum Gasteiger partial charge on any atom is -0.303 e. The van der Waals surface area contributed by atoms with E-state index in [0.29, 0.717) is 6.04 Å². The third-order valence-electron chi connectivity index (χ3n) is 3.75. The maximum atomic E-state index is 11.2. The topological polar surface area (TPSA) is 20.3 Å². The Hall–Kier alpha value is 0.110. The lowest BCUT2D eigenvalue weighted by Gasteiger charge is -2.28. The van der Waals surface area contributed by atoms with E-state index >= 15 is 0 Å². The maximum absolute atomic E-state index is 11.2. The molecule has 2 atom stereocenters. The Morgan fingerprint density at radius 1 is 1.25 bits per heavy atom. The predicted octanol–water partition coefficient (Wildman–Crippen LogP) is 2.66. The van der Waals surface area contributed by atoms with Gasteiger partial charge in [-0.25, -0.2) is 0 Å². The number of hydrogen-bond donors (Lipinski definition) is 0. The van der Waals surface area contributed by atoms with Crippen molar-refractivity contribution in [2.24, 2.45) is 5.92 Å². The third kappa shape index (κ3) is 5.44. The van der Waals surface area contributed by atoms with Crippen LogP contribution in [0.2, 0.25) is 0 Å². The summed E-state index contributed by atoms with van der Waals surface area (Å²) in [6.45, 7) is 3.39. The normalized spacial score (nSPS) is 23.0. The fraction of sp³-hybridized carbons (Fsp3) is 1.00. The van der Waals surface area contributed by atoms with E-state index in [2.05, 4.69) is 18.9 Å². The summed E-state index contributed by atoms with van der Waals surface area (Å²) in [5, 5.41) is 0. The molecule has 1 fully saturated rings. The maximum Gasteiger partial charge on any atom is 0.0385 e. The Morgan fingerprint density at radius 3 is 2.31 bits per heavy atom. The van der Waals surface area contributed by atoms with Crippen LogP contribution in [0, 0.1) is 5.92 Å². The van der Waals surface area contributed by atoms with Gasteiger partial charge < -0.3 is 4.90 Å². The predicted molar refractivity (Wildman–Crippen MR) is 72.2 cm³/mol. The first-order valence-electron chi connectivity index (χ1n) is 6.60. The highest BCUT2D eigenvalue weighted by atomic mass is 32.2. The summed E-state index contributed by atoms with van der Waals surface area (Å²) in [5.41, 5.74) is 0. The van der Waals surface area contributed by atoms with Crippen LogP contribution in [0.3, 0.4) is 0 Å². The van der Waals surface area contributed by atoms with Crippen LogP contribution in [0.15, 0.2) is 0 Å². The first kappa shape index (κ1) is 14.2. The van der Waals surface area contributed by atoms with E-state index in [4.69, 9.17) is 0 Å². The van der Waals surface area contributed by atoms with Crippen LogP contribution in [0.25, 0.3) is 0 Å². The van der Waals surface area contributed by atoms with Crippen molar-refractivity contribution in [1.29, 1.82) is 0 Å². The molecule has 0 aromatic rings. The summed E-state index contributed by atoms with van der Waals surface area (Å²) in [5.74, 6) is 1.68. The number of hydrogen-bond acceptors (Lipinski definition) is 2. The fourth-order valence-corrected chi connectivity index (χ4v) is 3.53. The molecular formula is C13H27NOS. The molecule has 0 heterocycles. The zero-order chi connectivity index (χ0) is 12.0. The van der Waals surface area contributed by atoms with Crippen LogP contribution in [-0.2, 0) is 10.8 Å². The lowest BCUT2D eigenvalue weighted by atomic mass is 9.99. The van der Waals surface area contributed by atoms with Gasteiger partial charge in [0, 0.05) is 35.4 Å². The quantitative estimate of drug-likeness (QED) is 0.694. The molecule has 3 heteroatoms. The molecule has 0 saturated heterocycles. The summed E-state index contributed by atoms with van der Waals surface area (Å²) in [4.78, 5) is 2.40. The second-order valence-electron chi connectivity index (χ2n) is 5.39. The van der Waals surface area contributed by atoms with Gasteiger partial charge in [-0.05, 0) is 32.7 Å². The highest BCUT2D eigenvalue weighted by Crippen LogP contribution is 2.23. The molecule has 0 radical (unpaired) electrons. The van der Waals surface area contributed by atoms with Crippen molar-refractivity contribution in [2.75, 3.05) is 25.6 Å². The highest BCUT2D eigenvalue weighted by molar-refractivity contribution is 7.84. The van der Waals surface area contributed by atoms with Crippen LogP contribution < -0.4 is 0 Å². The number of rotatable bonds is 5. The van der Waals surface area contributed by atoms with E-state index in [9.17, 15) is 4.21 Å². The van der Waals surface area contributed by atoms with Crippen molar-refractivity contribution >= 4 is 10.8 Å². The molecule has 16 heavy (non-hydrogen) atoms. The Bertz CT molecular complexity index is 212. The van der Waals surface area contributed by atoms with Gasteiger partial charge in [0.1, 0.15) is 0 Å². The Labute approximate surface area is 103 Å². The van der Waals surface area contributed by atoms with Crippen molar-refractivity contribution in [1.82, 2.24) is 4.90 Å². The Balaban J connectivity index is 2.30. The molecule has 1 aliphatic carbocycles. The largest absolute Gasteiger partial charge is 0.303 e. The van der Waals surface area contributed by atoms with Crippen LogP contribution >= 0.6 is 0 Å². The zero-order valence-electron chi connectivity index (χ0n) is 11.1. The van der Waals surface area contributed by atoms with Gasteiger partial charge in [-0.15, -0.1) is 0 Å². The Kier molecular flexibility index (Phi) is 6.59. The minimum atomic E-state index is -0.668. The zero-order valence-corrected chi connectivity index (χ0v) is 11.9. The molecule has 1 rings (SSSR count). The van der Waals surface area contributed by atoms with Gasteiger partial charge in [0.15, 0.2) is 0 Å². The van der Waals surface area contributed by atoms with E-state index in [-0.39, 0.29) is 0 Å². The second kappa shape index (κ2) is 7.44. The van der Waals surface area contributed by atoms with Gasteiger partial charge in [-0.3, -0.25) is 4.21 Å². The highest BCUT2D eigenvalue weighted by Gasteiger charge is 2.17. The summed E-state index contributed by atoms with van der Waals surface area (Å²) >= 11 is 0. The SMILES string of the molecule is CC(CS(C)=O)N(C)CC1CCCCCC1. The van der Waals surface area contributed by atoms with Gasteiger partial charge in [0.05, 0.1) is 0 Å². The molecule has 0 bridgehead atoms. The fourth-order valence-electron chi connectivity index (χ4n) is 2.60. The average Bonchev–Trinajstić information content (AvgIpc) is 2.45. The van der Waals surface area contributed by atoms with E-state index in [0.717, 1.165) is 11.7 Å². The van der Waals surface area contributed by atoms with E-state index < -0.39 is 10.8 Å². The standard InChI is InChI=1S/C13H27NOS/c1-12(11-16(3)15)14(2)10-13-8-6-4-5-7-9-13/h12-13H,4-11H2,1-3H3. The molecule has 0 spiro atoms. The minimum absolute atomic E-state index is 0.453. The lowest BCUT2D eigenvalue weighted by Crippen LogP contribution is -2.36. The van der Waals surface area contributed by atoms with Crippen molar-refractivity contribution < 1.29 is 4.21 Å². The lowest BCUT2D eigenvalue weighted by molar-refractivity contribution is 0.220. The number of nitrogens with zero attached hydrogens (tertiary/aromatic N) is 1. The molecule has 1 saturated carbocycles. The molecule has 0 N–H and O–H groups in total. The third-order valence-corrected chi connectivity index (χ3v) is 4.70. The van der Waals surface area contributed by atoms with Crippen molar-refractivity contribution in [2.45, 2.75) is 51.5 Å². The van der Waals surface area contributed by atoms with Crippen LogP contribution in [0.1, 0.15) is 45.4 Å². The van der Waals surface area contributed by atoms with Crippen molar-refractivity contribution in [3.05, 3.63) is 0 Å². The summed E-state index contributed by atoms with van der Waals surface area (Å²) in [7, 11) is 1.52. The smallest absolute Gasteiger partial charge is 0.0385 e. The summed E-state index contributed by atoms with van der Waals surface area (Å²) in [6.07, 6.45) is 10.3. The van der Waals surface area contributed by atoms with E-state index in [1.54, 1.807) is 6.26 Å². The van der Waals surface area contributed by atoms with E-state index in [1.165, 1.54) is 45.1 Å². The van der Waals surface area contributed by atoms with Gasteiger partial charge >= 0.3 is 0 Å². The first-order chi connectivity index (χ1) is 7.59. The van der Waals surface area contributed by atoms with E-state index in [1.807, 2.05) is 0 Å². The summed E-state index contributed by atoms with van der Waals surface area (Å²) < 4.78 is 11.2. The van der Waals surface area contributed by atoms with Gasteiger partial charge in [-0.1, -0.05) is 25.7 Å². The Morgan fingerprint density at radius 2 is 1.81 bits per heavy atom. The molecule has 0 aromatic heterocycles. The molecule has 2 unspecified atom stereocenters. The van der Waals surface area contributed by atoms with Crippen LogP contribution in [0.4, 0.5) is 0 Å². The molecule has 0 aromatic carbocycles. The van der Waals surface area contributed by atoms with Crippen LogP contribution in [0.5, 0.6) is 0 Å². The second-order valence-corrected chi connectivity index (χ2v) is 6.87. The molecular weight excluding hydrogens is 218 g/mol. The molecule has 0 aliphatic heterocycles. The van der Waals surface area contributed by atoms with Gasteiger partial charge in [0.25, 0.3) is 0 Å². The van der Waals surface area contributed by atoms with Crippen molar-refractivity contribution in [3.63, 3.8) is 0 Å². The molecule has 1 aliphatic rings. The average molecular weight is 245 g/mol. The molecule has 96 valence electrons. The monoisotopic (exact) mass is 245 g/mol. The van der Waals surface area contributed by atoms with Crippen molar-refractivity contribution in [3.8, 4) is 0 Å². The summed E-state index contributed by atoms with van der Waals surface area (Å²) in [6, 6.07) is 0.453.